The molecule has 0 fully saturated rings. The highest BCUT2D eigenvalue weighted by Crippen LogP contribution is 2.27. The highest BCUT2D eigenvalue weighted by Gasteiger charge is 2.25. The first kappa shape index (κ1) is 20.4. The van der Waals surface area contributed by atoms with Crippen molar-refractivity contribution < 1.29 is 4.79 Å². The van der Waals surface area contributed by atoms with Gasteiger partial charge in [0.2, 0.25) is 0 Å². The van der Waals surface area contributed by atoms with Gasteiger partial charge in [-0.1, -0.05) is 79.2 Å². The molecule has 0 amide bonds. The van der Waals surface area contributed by atoms with Crippen LogP contribution in [0, 0.1) is 0 Å². The van der Waals surface area contributed by atoms with Crippen molar-refractivity contribution in [3.8, 4) is 0 Å². The maximum Gasteiger partial charge on any atom is 0.186 e. The van der Waals surface area contributed by atoms with Gasteiger partial charge in [-0.25, -0.2) is 0 Å². The second kappa shape index (κ2) is 9.29. The van der Waals surface area contributed by atoms with E-state index in [0.717, 1.165) is 27.9 Å². The van der Waals surface area contributed by atoms with E-state index >= 15 is 0 Å². The maximum atomic E-state index is 13.6. The van der Waals surface area contributed by atoms with Crippen molar-refractivity contribution in [2.45, 2.75) is 25.3 Å². The number of halogens is 1. The summed E-state index contributed by atoms with van der Waals surface area (Å²) in [6.45, 7) is 2.87. The molecule has 4 heteroatoms. The molecule has 0 aliphatic rings. The Balaban J connectivity index is 1.62. The Morgan fingerprint density at radius 3 is 2.37 bits per heavy atom. The zero-order chi connectivity index (χ0) is 20.9. The lowest BCUT2D eigenvalue weighted by molar-refractivity contribution is 0.0943. The van der Waals surface area contributed by atoms with Crippen LogP contribution in [0.5, 0.6) is 0 Å². The van der Waals surface area contributed by atoms with Crippen molar-refractivity contribution in [3.63, 3.8) is 0 Å². The number of H-pyrrole nitrogens is 1. The number of rotatable bonds is 8. The number of benzene rings is 3. The lowest BCUT2D eigenvalue weighted by Gasteiger charge is -2.22. The molecule has 1 unspecified atom stereocenters. The van der Waals surface area contributed by atoms with Gasteiger partial charge in [-0.15, -0.1) is 0 Å². The smallest absolute Gasteiger partial charge is 0.186 e. The number of para-hydroxylation sites is 1. The van der Waals surface area contributed by atoms with Crippen molar-refractivity contribution in [1.82, 2.24) is 10.3 Å². The largest absolute Gasteiger partial charge is 0.360 e. The molecule has 0 aliphatic carbocycles. The van der Waals surface area contributed by atoms with Crippen molar-refractivity contribution in [2.24, 2.45) is 0 Å². The van der Waals surface area contributed by atoms with E-state index in [-0.39, 0.29) is 5.78 Å². The number of fused-ring (bicyclic) bond motifs is 1. The van der Waals surface area contributed by atoms with Gasteiger partial charge in [0.25, 0.3) is 0 Å². The maximum absolute atomic E-state index is 13.6. The Bertz CT molecular complexity index is 1120. The molecule has 0 bridgehead atoms. The fourth-order valence-corrected chi connectivity index (χ4v) is 4.06. The summed E-state index contributed by atoms with van der Waals surface area (Å²) in [7, 11) is 0. The molecule has 4 aromatic rings. The number of carbonyl (C=O) groups excluding carboxylic acids is 1. The molecule has 1 heterocycles. The average Bonchev–Trinajstić information content (AvgIpc) is 3.22. The zero-order valence-corrected chi connectivity index (χ0v) is 17.7. The topological polar surface area (TPSA) is 44.9 Å². The molecule has 0 saturated heterocycles. The van der Waals surface area contributed by atoms with Gasteiger partial charge >= 0.3 is 0 Å². The van der Waals surface area contributed by atoms with Crippen LogP contribution >= 0.6 is 11.6 Å². The van der Waals surface area contributed by atoms with Crippen LogP contribution in [-0.4, -0.2) is 17.3 Å². The summed E-state index contributed by atoms with van der Waals surface area (Å²) in [6.07, 6.45) is 2.79. The van der Waals surface area contributed by atoms with Crippen LogP contribution in [0.3, 0.4) is 0 Å². The van der Waals surface area contributed by atoms with Gasteiger partial charge in [0.05, 0.1) is 6.04 Å². The Morgan fingerprint density at radius 1 is 0.933 bits per heavy atom. The summed E-state index contributed by atoms with van der Waals surface area (Å²) < 4.78 is 0. The van der Waals surface area contributed by atoms with Crippen LogP contribution in [0.25, 0.3) is 10.9 Å². The van der Waals surface area contributed by atoms with Gasteiger partial charge in [0.1, 0.15) is 0 Å². The van der Waals surface area contributed by atoms with Gasteiger partial charge in [-0.2, -0.15) is 0 Å². The van der Waals surface area contributed by atoms with Crippen LogP contribution in [0.4, 0.5) is 0 Å². The average molecular weight is 417 g/mol. The Hall–Kier alpha value is -2.88. The van der Waals surface area contributed by atoms with Crippen LogP contribution < -0.4 is 5.32 Å². The fourth-order valence-electron chi connectivity index (χ4n) is 3.93. The number of hydrogen-bond donors (Lipinski definition) is 2. The van der Waals surface area contributed by atoms with E-state index in [1.807, 2.05) is 72.9 Å². The summed E-state index contributed by atoms with van der Waals surface area (Å²) in [5.41, 5.74) is 3.88. The van der Waals surface area contributed by atoms with Crippen molar-refractivity contribution >= 4 is 28.3 Å². The molecule has 152 valence electrons. The number of hydrogen-bond acceptors (Lipinski definition) is 2. The van der Waals surface area contributed by atoms with Gasteiger partial charge in [-0.3, -0.25) is 4.79 Å². The minimum Gasteiger partial charge on any atom is -0.360 e. The predicted octanol–water partition coefficient (Wildman–Crippen LogP) is 6.53. The Labute approximate surface area is 182 Å². The molecule has 4 rings (SSSR count). The molecule has 0 spiro atoms. The summed E-state index contributed by atoms with van der Waals surface area (Å²) in [5, 5.41) is 5.24. The zero-order valence-electron chi connectivity index (χ0n) is 16.9. The minimum atomic E-state index is -0.410. The number of ketones is 1. The monoisotopic (exact) mass is 416 g/mol. The van der Waals surface area contributed by atoms with Crippen LogP contribution in [0.2, 0.25) is 5.02 Å². The van der Waals surface area contributed by atoms with Crippen LogP contribution in [-0.2, 0) is 0 Å². The second-order valence-corrected chi connectivity index (χ2v) is 7.96. The van der Waals surface area contributed by atoms with Gasteiger partial charge in [0.15, 0.2) is 5.78 Å². The first-order valence-corrected chi connectivity index (χ1v) is 10.7. The van der Waals surface area contributed by atoms with E-state index in [9.17, 15) is 4.79 Å². The van der Waals surface area contributed by atoms with E-state index < -0.39 is 6.04 Å². The third-order valence-electron chi connectivity index (χ3n) is 5.65. The Kier molecular flexibility index (Phi) is 6.32. The predicted molar refractivity (Wildman–Crippen MR) is 124 cm³/mol. The highest BCUT2D eigenvalue weighted by atomic mass is 35.5. The lowest BCUT2D eigenvalue weighted by atomic mass is 9.93. The molecule has 2 N–H and O–H groups in total. The first-order chi connectivity index (χ1) is 14.7. The second-order valence-electron chi connectivity index (χ2n) is 7.52. The molecule has 2 atom stereocenters. The van der Waals surface area contributed by atoms with Crippen LogP contribution in [0.15, 0.2) is 85.1 Å². The van der Waals surface area contributed by atoms with Gasteiger partial charge in [0, 0.05) is 34.2 Å². The third kappa shape index (κ3) is 4.33. The SMILES string of the molecule is CCC(CN[C@H](C(=O)c1c[nH]c2ccccc12)c1ccccc1)c1ccc(Cl)cc1. The number of nitrogens with one attached hydrogen (secondary N) is 2. The van der Waals surface area contributed by atoms with Crippen molar-refractivity contribution in [3.05, 3.63) is 107 Å². The molecule has 0 saturated carbocycles. The molecule has 1 aromatic heterocycles. The van der Waals surface area contributed by atoms with Crippen LogP contribution in [0.1, 0.15) is 46.8 Å². The number of aromatic amines is 1. The molecular weight excluding hydrogens is 392 g/mol. The van der Waals surface area contributed by atoms with E-state index in [1.54, 1.807) is 0 Å². The van der Waals surface area contributed by atoms with Gasteiger partial charge < -0.3 is 10.3 Å². The fraction of sp³-hybridized carbons (Fsp3) is 0.192. The molecule has 0 radical (unpaired) electrons. The number of aromatic nitrogens is 1. The standard InChI is InChI=1S/C26H25ClN2O/c1-2-18(19-12-14-21(27)15-13-19)16-29-25(20-8-4-3-5-9-20)26(30)23-17-28-24-11-7-6-10-22(23)24/h3-15,17-18,25,28-29H,2,16H2,1H3/t18?,25-/m0/s1. The number of carbonyl (C=O) groups is 1. The summed E-state index contributed by atoms with van der Waals surface area (Å²) in [6, 6.07) is 25.4. The normalized spacial score (nSPS) is 13.3. The molecule has 3 nitrogen and oxygen atoms in total. The minimum absolute atomic E-state index is 0.0737. The van der Waals surface area contributed by atoms with E-state index in [1.165, 1.54) is 5.56 Å². The summed E-state index contributed by atoms with van der Waals surface area (Å²) >= 11 is 6.05. The van der Waals surface area contributed by atoms with E-state index in [4.69, 9.17) is 11.6 Å². The van der Waals surface area contributed by atoms with E-state index in [0.29, 0.717) is 18.0 Å². The molecular formula is C26H25ClN2O. The van der Waals surface area contributed by atoms with Crippen molar-refractivity contribution in [2.75, 3.05) is 6.54 Å². The first-order valence-electron chi connectivity index (χ1n) is 10.3. The van der Waals surface area contributed by atoms with Crippen molar-refractivity contribution in [1.29, 1.82) is 0 Å². The molecule has 3 aromatic carbocycles. The molecule has 30 heavy (non-hydrogen) atoms. The Morgan fingerprint density at radius 2 is 1.63 bits per heavy atom. The van der Waals surface area contributed by atoms with Gasteiger partial charge in [-0.05, 0) is 41.7 Å². The van der Waals surface area contributed by atoms with E-state index in [2.05, 4.69) is 29.4 Å². The third-order valence-corrected chi connectivity index (χ3v) is 5.90. The summed E-state index contributed by atoms with van der Waals surface area (Å²) in [5.74, 6) is 0.369. The molecule has 0 aliphatic heterocycles. The summed E-state index contributed by atoms with van der Waals surface area (Å²) in [4.78, 5) is 16.8. The number of Topliss-reactive ketones (excluding diaryl/α,β-unsaturated/α-hetero) is 1. The highest BCUT2D eigenvalue weighted by molar-refractivity contribution is 6.30. The quantitative estimate of drug-likeness (QED) is 0.321. The lowest BCUT2D eigenvalue weighted by Crippen LogP contribution is -2.32.